The second-order valence-corrected chi connectivity index (χ2v) is 7.48. The van der Waals surface area contributed by atoms with Crippen molar-refractivity contribution in [1.82, 2.24) is 9.88 Å². The monoisotopic (exact) mass is 366 g/mol. The zero-order valence-electron chi connectivity index (χ0n) is 15.5. The van der Waals surface area contributed by atoms with Gasteiger partial charge in [0, 0.05) is 16.7 Å². The summed E-state index contributed by atoms with van der Waals surface area (Å²) in [6, 6.07) is 21.7. The smallest absolute Gasteiger partial charge is 0.0458 e. The third-order valence-corrected chi connectivity index (χ3v) is 5.79. The van der Waals surface area contributed by atoms with Crippen LogP contribution in [0.3, 0.4) is 0 Å². The number of hydrogen-bond acceptors (Lipinski definition) is 1. The molecule has 0 bridgehead atoms. The van der Waals surface area contributed by atoms with Crippen LogP contribution in [0, 0.1) is 0 Å². The van der Waals surface area contributed by atoms with E-state index in [1.807, 2.05) is 0 Å². The Morgan fingerprint density at radius 3 is 2.38 bits per heavy atom. The van der Waals surface area contributed by atoms with Crippen molar-refractivity contribution >= 4 is 28.9 Å². The molecule has 1 aromatic heterocycles. The molecular weight excluding hydrogens is 340 g/mol. The van der Waals surface area contributed by atoms with E-state index < -0.39 is 0 Å². The van der Waals surface area contributed by atoms with Gasteiger partial charge in [-0.15, -0.1) is 12.4 Å². The molecule has 0 radical (unpaired) electrons. The second kappa shape index (κ2) is 7.69. The van der Waals surface area contributed by atoms with Crippen molar-refractivity contribution < 1.29 is 0 Å². The Kier molecular flexibility index (Phi) is 5.55. The minimum Gasteiger partial charge on any atom is -0.355 e. The van der Waals surface area contributed by atoms with Crippen molar-refractivity contribution in [2.75, 3.05) is 14.1 Å². The van der Waals surface area contributed by atoms with Crippen LogP contribution in [0.4, 0.5) is 0 Å². The van der Waals surface area contributed by atoms with E-state index in [9.17, 15) is 0 Å². The molecule has 0 saturated heterocycles. The summed E-state index contributed by atoms with van der Waals surface area (Å²) in [4.78, 5) is 6.02. The van der Waals surface area contributed by atoms with Crippen molar-refractivity contribution in [3.8, 4) is 0 Å². The van der Waals surface area contributed by atoms with Crippen LogP contribution in [0.2, 0.25) is 0 Å². The van der Waals surface area contributed by atoms with Crippen LogP contribution in [-0.4, -0.2) is 29.5 Å². The second-order valence-electron chi connectivity index (χ2n) is 7.48. The number of para-hydroxylation sites is 1. The van der Waals surface area contributed by atoms with Gasteiger partial charge in [0.05, 0.1) is 0 Å². The summed E-state index contributed by atoms with van der Waals surface area (Å²) in [6.07, 6.45) is 6.97. The minimum atomic E-state index is 0. The van der Waals surface area contributed by atoms with Crippen LogP contribution in [0.5, 0.6) is 0 Å². The van der Waals surface area contributed by atoms with E-state index in [0.717, 1.165) is 19.3 Å². The van der Waals surface area contributed by atoms with Crippen LogP contribution in [-0.2, 0) is 6.42 Å². The van der Waals surface area contributed by atoms with Crippen LogP contribution in [0.1, 0.15) is 30.5 Å². The van der Waals surface area contributed by atoms with Gasteiger partial charge in [0.1, 0.15) is 0 Å². The minimum absolute atomic E-state index is 0. The average molecular weight is 367 g/mol. The number of nitrogens with one attached hydrogen (secondary N) is 1. The lowest BCUT2D eigenvalue weighted by molar-refractivity contribution is 0.138. The average Bonchev–Trinajstić information content (AvgIpc) is 3.07. The van der Waals surface area contributed by atoms with Gasteiger partial charge in [-0.1, -0.05) is 54.6 Å². The van der Waals surface area contributed by atoms with Gasteiger partial charge in [-0.2, -0.15) is 0 Å². The van der Waals surface area contributed by atoms with Gasteiger partial charge in [-0.05, 0) is 68.4 Å². The first-order valence-corrected chi connectivity index (χ1v) is 9.15. The fraction of sp³-hybridized carbons (Fsp3) is 0.304. The van der Waals surface area contributed by atoms with Gasteiger partial charge in [0.15, 0.2) is 0 Å². The summed E-state index contributed by atoms with van der Waals surface area (Å²) in [5.41, 5.74) is 5.62. The fourth-order valence-corrected chi connectivity index (χ4v) is 4.08. The van der Waals surface area contributed by atoms with Crippen molar-refractivity contribution in [3.05, 3.63) is 78.0 Å². The van der Waals surface area contributed by atoms with E-state index in [2.05, 4.69) is 90.7 Å². The molecule has 136 valence electrons. The van der Waals surface area contributed by atoms with Crippen molar-refractivity contribution in [2.24, 2.45) is 0 Å². The van der Waals surface area contributed by atoms with Gasteiger partial charge in [-0.25, -0.2) is 0 Å². The van der Waals surface area contributed by atoms with Crippen molar-refractivity contribution in [2.45, 2.75) is 31.2 Å². The number of benzene rings is 2. The number of aromatic amines is 1. The van der Waals surface area contributed by atoms with Gasteiger partial charge in [0.2, 0.25) is 0 Å². The number of nitrogens with zero attached hydrogens (tertiary/aromatic N) is 1. The predicted octanol–water partition coefficient (Wildman–Crippen LogP) is 5.70. The van der Waals surface area contributed by atoms with Crippen LogP contribution in [0.25, 0.3) is 16.5 Å². The third kappa shape index (κ3) is 3.58. The van der Waals surface area contributed by atoms with Crippen LogP contribution in [0.15, 0.2) is 66.7 Å². The van der Waals surface area contributed by atoms with E-state index in [0.29, 0.717) is 0 Å². The number of likely N-dealkylation sites (N-methyl/N-ethyl adjacent to an activating group) is 1. The lowest BCUT2D eigenvalue weighted by atomic mass is 9.76. The molecule has 0 spiro atoms. The first-order valence-electron chi connectivity index (χ1n) is 9.15. The normalized spacial score (nSPS) is 20.0. The molecule has 1 unspecified atom stereocenters. The molecule has 1 heterocycles. The van der Waals surface area contributed by atoms with Crippen LogP contribution >= 0.6 is 12.4 Å². The van der Waals surface area contributed by atoms with Gasteiger partial charge in [0.25, 0.3) is 0 Å². The Bertz CT molecular complexity index is 862. The molecule has 1 atom stereocenters. The van der Waals surface area contributed by atoms with E-state index >= 15 is 0 Å². The Morgan fingerprint density at radius 2 is 1.73 bits per heavy atom. The van der Waals surface area contributed by atoms with E-state index in [-0.39, 0.29) is 17.9 Å². The molecule has 2 nitrogen and oxygen atoms in total. The number of rotatable bonds is 4. The number of halogens is 1. The topological polar surface area (TPSA) is 19.0 Å². The fourth-order valence-electron chi connectivity index (χ4n) is 4.08. The van der Waals surface area contributed by atoms with E-state index in [1.165, 1.54) is 34.2 Å². The van der Waals surface area contributed by atoms with Gasteiger partial charge >= 0.3 is 0 Å². The van der Waals surface area contributed by atoms with Gasteiger partial charge in [-0.3, -0.25) is 0 Å². The number of hydrogen-bond donors (Lipinski definition) is 1. The summed E-state index contributed by atoms with van der Waals surface area (Å²) in [6.45, 7) is 0. The maximum absolute atomic E-state index is 3.59. The maximum Gasteiger partial charge on any atom is 0.0458 e. The summed E-state index contributed by atoms with van der Waals surface area (Å²) < 4.78 is 0. The quantitative estimate of drug-likeness (QED) is 0.627. The Labute approximate surface area is 162 Å². The highest BCUT2D eigenvalue weighted by Gasteiger charge is 2.34. The number of H-pyrrole nitrogens is 1. The summed E-state index contributed by atoms with van der Waals surface area (Å²) >= 11 is 0. The third-order valence-electron chi connectivity index (χ3n) is 5.79. The molecule has 0 amide bonds. The highest BCUT2D eigenvalue weighted by Crippen LogP contribution is 2.38. The summed E-state index contributed by atoms with van der Waals surface area (Å²) in [5.74, 6) is 0. The Morgan fingerprint density at radius 1 is 1.00 bits per heavy atom. The summed E-state index contributed by atoms with van der Waals surface area (Å²) in [7, 11) is 4.45. The molecule has 3 aromatic rings. The highest BCUT2D eigenvalue weighted by atomic mass is 35.5. The SMILES string of the molecule is CN(C)C1(Cc2ccccc2)CC=C(c2cc3ccccc3[nH]2)CC1.Cl. The zero-order valence-corrected chi connectivity index (χ0v) is 16.4. The van der Waals surface area contributed by atoms with E-state index in [1.54, 1.807) is 0 Å². The zero-order chi connectivity index (χ0) is 17.3. The number of fused-ring (bicyclic) bond motifs is 1. The summed E-state index contributed by atoms with van der Waals surface area (Å²) in [5, 5.41) is 1.30. The molecule has 26 heavy (non-hydrogen) atoms. The maximum atomic E-state index is 3.59. The van der Waals surface area contributed by atoms with Crippen molar-refractivity contribution in [1.29, 1.82) is 0 Å². The molecule has 4 rings (SSSR count). The first-order chi connectivity index (χ1) is 12.2. The standard InChI is InChI=1S/C23H26N2.ClH/c1-25(2)23(17-18-8-4-3-5-9-18)14-12-19(13-15-23)22-16-20-10-6-7-11-21(20)24-22;/h3-12,16,24H,13-15,17H2,1-2H3;1H. The largest absolute Gasteiger partial charge is 0.355 e. The molecule has 0 fully saturated rings. The molecular formula is C23H27ClN2. The molecule has 0 saturated carbocycles. The van der Waals surface area contributed by atoms with Crippen LogP contribution < -0.4 is 0 Å². The van der Waals surface area contributed by atoms with Crippen molar-refractivity contribution in [3.63, 3.8) is 0 Å². The predicted molar refractivity (Wildman–Crippen MR) is 114 cm³/mol. The Hall–Kier alpha value is -2.03. The number of allylic oxidation sites excluding steroid dienone is 1. The number of aromatic nitrogens is 1. The van der Waals surface area contributed by atoms with Gasteiger partial charge < -0.3 is 9.88 Å². The molecule has 1 aliphatic rings. The lowest BCUT2D eigenvalue weighted by Gasteiger charge is -2.42. The first kappa shape index (κ1) is 18.8. The molecule has 3 heteroatoms. The molecule has 1 N–H and O–H groups in total. The molecule has 0 aliphatic heterocycles. The highest BCUT2D eigenvalue weighted by molar-refractivity contribution is 5.85. The van der Waals surface area contributed by atoms with E-state index in [4.69, 9.17) is 0 Å². The molecule has 1 aliphatic carbocycles. The lowest BCUT2D eigenvalue weighted by Crippen LogP contribution is -2.47. The molecule has 2 aromatic carbocycles. The Balaban J connectivity index is 0.00000196.